The average Bonchev–Trinajstić information content (AvgIpc) is 2.63. The zero-order valence-corrected chi connectivity index (χ0v) is 19.1. The number of hydrogen-bond acceptors (Lipinski definition) is 0. The molecule has 0 aliphatic carbocycles. The van der Waals surface area contributed by atoms with E-state index >= 15 is 0 Å². The second kappa shape index (κ2) is 6.38. The maximum Gasteiger partial charge on any atom is 0.306 e. The number of hydrogen-bond donors (Lipinski definition) is 0. The molecule has 0 bridgehead atoms. The lowest BCUT2D eigenvalue weighted by molar-refractivity contribution is 1.62. The van der Waals surface area contributed by atoms with Crippen molar-refractivity contribution in [3.63, 3.8) is 0 Å². The van der Waals surface area contributed by atoms with E-state index in [0.717, 1.165) is 21.5 Å². The third-order valence-corrected chi connectivity index (χ3v) is 56.3. The summed E-state index contributed by atoms with van der Waals surface area (Å²) in [6.45, 7) is 0. The van der Waals surface area contributed by atoms with Gasteiger partial charge in [0.05, 0.1) is 0 Å². The topological polar surface area (TPSA) is 0 Å². The second-order valence-corrected chi connectivity index (χ2v) is 39.7. The van der Waals surface area contributed by atoms with Crippen molar-refractivity contribution < 1.29 is 0 Å². The molecule has 120 valence electrons. The smallest absolute Gasteiger partial charge is 0.146 e. The third kappa shape index (κ3) is 2.78. The quantitative estimate of drug-likeness (QED) is 0.339. The van der Waals surface area contributed by atoms with Gasteiger partial charge >= 0.3 is 18.2 Å². The zero-order valence-electron chi connectivity index (χ0n) is 11.5. The van der Waals surface area contributed by atoms with Gasteiger partial charge in [-0.25, -0.2) is 0 Å². The SMILES string of the molecule is Cl[Si]1(Cl)C(c2ccccc2)=C(c2ccccc2)[Si](Cl)(Cl)[Si]1(Cl)Cl. The van der Waals surface area contributed by atoms with Gasteiger partial charge in [0.2, 0.25) is 0 Å². The normalized spacial score (nSPS) is 21.5. The maximum absolute atomic E-state index is 6.80. The molecule has 3 rings (SSSR count). The lowest BCUT2D eigenvalue weighted by atomic mass is 10.1. The molecule has 0 atom stereocenters. The van der Waals surface area contributed by atoms with Crippen molar-refractivity contribution in [2.45, 2.75) is 0 Å². The summed E-state index contributed by atoms with van der Waals surface area (Å²) in [5.74, 6) is 0. The zero-order chi connectivity index (χ0) is 16.9. The molecular formula is C14H10Cl6Si3. The molecule has 0 unspecified atom stereocenters. The van der Waals surface area contributed by atoms with Crippen molar-refractivity contribution in [2.24, 2.45) is 0 Å². The molecule has 1 aliphatic rings. The van der Waals surface area contributed by atoms with E-state index in [0.29, 0.717) is 0 Å². The summed E-state index contributed by atoms with van der Waals surface area (Å²) in [4.78, 5) is 0. The van der Waals surface area contributed by atoms with Crippen molar-refractivity contribution >= 4 is 95.0 Å². The van der Waals surface area contributed by atoms with Crippen LogP contribution < -0.4 is 0 Å². The Morgan fingerprint density at radius 1 is 0.478 bits per heavy atom. The standard InChI is InChI=1S/C14H10Cl6Si3/c15-21(16)13(11-7-3-1-4-8-11)14(12-9-5-2-6-10-12)22(17,18)23(21,19)20/h1-10H. The molecule has 0 fully saturated rings. The van der Waals surface area contributed by atoms with E-state index in [9.17, 15) is 0 Å². The van der Waals surface area contributed by atoms with Gasteiger partial charge in [0.15, 0.2) is 0 Å². The second-order valence-electron chi connectivity index (χ2n) is 5.21. The Morgan fingerprint density at radius 2 is 0.783 bits per heavy atom. The molecule has 0 amide bonds. The molecule has 0 saturated heterocycles. The highest BCUT2D eigenvalue weighted by atomic mass is 35.8. The van der Waals surface area contributed by atoms with Crippen molar-refractivity contribution in [3.05, 3.63) is 71.8 Å². The van der Waals surface area contributed by atoms with Crippen LogP contribution >= 0.6 is 66.5 Å². The summed E-state index contributed by atoms with van der Waals surface area (Å²) in [7, 11) is 0. The van der Waals surface area contributed by atoms with E-state index in [4.69, 9.17) is 66.5 Å². The molecule has 0 nitrogen and oxygen atoms in total. The van der Waals surface area contributed by atoms with E-state index in [2.05, 4.69) is 0 Å². The van der Waals surface area contributed by atoms with Gasteiger partial charge in [-0.2, -0.15) is 0 Å². The number of halogens is 6. The molecule has 1 heterocycles. The maximum atomic E-state index is 6.80. The van der Waals surface area contributed by atoms with Crippen molar-refractivity contribution in [3.8, 4) is 0 Å². The van der Waals surface area contributed by atoms with Crippen LogP contribution in [-0.4, -0.2) is 18.2 Å². The van der Waals surface area contributed by atoms with Crippen molar-refractivity contribution in [1.82, 2.24) is 0 Å². The first-order chi connectivity index (χ1) is 10.7. The fraction of sp³-hybridized carbons (Fsp3) is 0. The molecule has 9 heteroatoms. The highest BCUT2D eigenvalue weighted by Crippen LogP contribution is 2.62. The van der Waals surface area contributed by atoms with E-state index in [1.165, 1.54) is 0 Å². The molecule has 0 aromatic heterocycles. The van der Waals surface area contributed by atoms with Crippen molar-refractivity contribution in [2.75, 3.05) is 0 Å². The first-order valence-corrected chi connectivity index (χ1v) is 20.8. The summed E-state index contributed by atoms with van der Waals surface area (Å²) in [6.07, 6.45) is -6.46. The van der Waals surface area contributed by atoms with Crippen LogP contribution in [0.25, 0.3) is 10.4 Å². The van der Waals surface area contributed by atoms with Gasteiger partial charge in [0.1, 0.15) is 0 Å². The number of benzene rings is 2. The van der Waals surface area contributed by atoms with Crippen LogP contribution in [0.2, 0.25) is 0 Å². The fourth-order valence-electron chi connectivity index (χ4n) is 2.69. The minimum absolute atomic E-state index is 0.765. The molecule has 0 radical (unpaired) electrons. The van der Waals surface area contributed by atoms with Gasteiger partial charge in [0.25, 0.3) is 0 Å². The Morgan fingerprint density at radius 3 is 1.09 bits per heavy atom. The molecule has 0 N–H and O–H groups in total. The van der Waals surface area contributed by atoms with Gasteiger partial charge in [-0.15, -0.1) is 66.5 Å². The number of rotatable bonds is 2. The van der Waals surface area contributed by atoms with Crippen LogP contribution in [0.15, 0.2) is 60.7 Å². The lowest BCUT2D eigenvalue weighted by Gasteiger charge is -2.28. The van der Waals surface area contributed by atoms with E-state index < -0.39 is 18.2 Å². The molecule has 23 heavy (non-hydrogen) atoms. The Balaban J connectivity index is 2.39. The van der Waals surface area contributed by atoms with E-state index in [1.807, 2.05) is 60.7 Å². The van der Waals surface area contributed by atoms with Crippen LogP contribution in [0.1, 0.15) is 11.1 Å². The first kappa shape index (κ1) is 18.4. The third-order valence-electron chi connectivity index (χ3n) is 3.79. The Hall–Kier alpha value is 0.571. The van der Waals surface area contributed by atoms with Gasteiger partial charge in [-0.05, 0) is 21.5 Å². The monoisotopic (exact) mass is 472 g/mol. The van der Waals surface area contributed by atoms with Crippen molar-refractivity contribution in [1.29, 1.82) is 0 Å². The molecule has 2 aromatic rings. The Kier molecular flexibility index (Phi) is 5.09. The molecule has 1 aliphatic heterocycles. The predicted octanol–water partition coefficient (Wildman–Crippen LogP) is 6.61. The summed E-state index contributed by atoms with van der Waals surface area (Å²) >= 11 is 40.6. The highest BCUT2D eigenvalue weighted by Gasteiger charge is 2.76. The first-order valence-electron chi connectivity index (χ1n) is 6.71. The summed E-state index contributed by atoms with van der Waals surface area (Å²) in [5.41, 5.74) is -1.51. The minimum atomic E-state index is -3.28. The average molecular weight is 475 g/mol. The van der Waals surface area contributed by atoms with Gasteiger partial charge in [-0.1, -0.05) is 60.7 Å². The van der Waals surface area contributed by atoms with E-state index in [-0.39, 0.29) is 0 Å². The van der Waals surface area contributed by atoms with Crippen LogP contribution in [0.5, 0.6) is 0 Å². The summed E-state index contributed by atoms with van der Waals surface area (Å²) < 4.78 is 0. The largest absolute Gasteiger partial charge is 0.306 e. The molecule has 0 saturated carbocycles. The lowest BCUT2D eigenvalue weighted by Crippen LogP contribution is -2.58. The molecular weight excluding hydrogens is 465 g/mol. The van der Waals surface area contributed by atoms with E-state index in [1.54, 1.807) is 0 Å². The highest BCUT2D eigenvalue weighted by molar-refractivity contribution is 8.21. The molecule has 2 aromatic carbocycles. The Bertz CT molecular complexity index is 695. The molecule has 0 spiro atoms. The summed E-state index contributed by atoms with van der Waals surface area (Å²) in [6, 6.07) is 19.3. The van der Waals surface area contributed by atoms with Crippen LogP contribution in [-0.2, 0) is 0 Å². The van der Waals surface area contributed by atoms with Crippen LogP contribution in [0.4, 0.5) is 0 Å². The minimum Gasteiger partial charge on any atom is -0.146 e. The Labute approximate surface area is 165 Å². The van der Waals surface area contributed by atoms with Crippen LogP contribution in [0.3, 0.4) is 0 Å². The summed E-state index contributed by atoms with van der Waals surface area (Å²) in [5, 5.41) is 1.53. The fourth-order valence-corrected chi connectivity index (χ4v) is 45.4. The van der Waals surface area contributed by atoms with Crippen LogP contribution in [0, 0.1) is 0 Å². The van der Waals surface area contributed by atoms with Gasteiger partial charge in [0, 0.05) is 0 Å². The van der Waals surface area contributed by atoms with Gasteiger partial charge in [-0.3, -0.25) is 0 Å². The van der Waals surface area contributed by atoms with Gasteiger partial charge < -0.3 is 0 Å². The predicted molar refractivity (Wildman–Crippen MR) is 112 cm³/mol.